The van der Waals surface area contributed by atoms with E-state index >= 15 is 0 Å². The lowest BCUT2D eigenvalue weighted by atomic mass is 9.98. The van der Waals surface area contributed by atoms with Gasteiger partial charge in [0, 0.05) is 18.7 Å². The van der Waals surface area contributed by atoms with Crippen LogP contribution in [0, 0.1) is 0 Å². The second-order valence-corrected chi connectivity index (χ2v) is 5.21. The van der Waals surface area contributed by atoms with Crippen LogP contribution in [0.3, 0.4) is 0 Å². The number of rotatable bonds is 6. The van der Waals surface area contributed by atoms with Crippen LogP contribution in [-0.2, 0) is 16.0 Å². The number of nitrogens with one attached hydrogen (secondary N) is 1. The Balaban J connectivity index is 1.90. The molecule has 6 heteroatoms. The van der Waals surface area contributed by atoms with Crippen molar-refractivity contribution in [2.75, 3.05) is 18.5 Å². The molecule has 1 aromatic rings. The maximum absolute atomic E-state index is 11.9. The van der Waals surface area contributed by atoms with Crippen LogP contribution in [0.4, 0.5) is 14.5 Å². The molecule has 1 heterocycles. The van der Waals surface area contributed by atoms with E-state index in [-0.39, 0.29) is 17.9 Å². The van der Waals surface area contributed by atoms with E-state index in [2.05, 4.69) is 5.32 Å². The first-order valence-electron chi connectivity index (χ1n) is 6.49. The summed E-state index contributed by atoms with van der Waals surface area (Å²) in [7, 11) is 0. The van der Waals surface area contributed by atoms with Gasteiger partial charge >= 0.3 is 0 Å². The minimum Gasteiger partial charge on any atom is -0.375 e. The molecule has 0 saturated heterocycles. The van der Waals surface area contributed by atoms with Crippen LogP contribution < -0.4 is 5.32 Å². The van der Waals surface area contributed by atoms with Gasteiger partial charge in [-0.05, 0) is 30.0 Å². The summed E-state index contributed by atoms with van der Waals surface area (Å²) >= 11 is 6.24. The van der Waals surface area contributed by atoms with Crippen molar-refractivity contribution in [2.24, 2.45) is 0 Å². The molecular formula is C14H16ClF2NO2. The van der Waals surface area contributed by atoms with Crippen LogP contribution in [0.15, 0.2) is 18.2 Å². The predicted molar refractivity (Wildman–Crippen MR) is 73.4 cm³/mol. The molecule has 0 fully saturated rings. The van der Waals surface area contributed by atoms with Crippen molar-refractivity contribution in [1.29, 1.82) is 0 Å². The molecule has 1 N–H and O–H groups in total. The van der Waals surface area contributed by atoms with Crippen LogP contribution in [0.2, 0.25) is 0 Å². The van der Waals surface area contributed by atoms with Crippen LogP contribution >= 0.6 is 11.6 Å². The topological polar surface area (TPSA) is 38.3 Å². The highest BCUT2D eigenvalue weighted by Crippen LogP contribution is 2.30. The molecule has 20 heavy (non-hydrogen) atoms. The Hall–Kier alpha value is -1.20. The molecule has 0 saturated carbocycles. The van der Waals surface area contributed by atoms with Gasteiger partial charge in [-0.3, -0.25) is 4.79 Å². The van der Waals surface area contributed by atoms with E-state index in [0.717, 1.165) is 16.8 Å². The Kier molecular flexibility index (Phi) is 5.31. The average Bonchev–Trinajstić information content (AvgIpc) is 2.42. The summed E-state index contributed by atoms with van der Waals surface area (Å²) in [6.07, 6.45) is -0.808. The van der Waals surface area contributed by atoms with Gasteiger partial charge in [0.15, 0.2) is 0 Å². The third-order valence-electron chi connectivity index (χ3n) is 3.15. The lowest BCUT2D eigenvalue weighted by molar-refractivity contribution is -0.116. The summed E-state index contributed by atoms with van der Waals surface area (Å²) in [4.78, 5) is 11.3. The first kappa shape index (κ1) is 15.2. The number of ether oxygens (including phenoxy) is 1. The molecule has 0 spiro atoms. The fraction of sp³-hybridized carbons (Fsp3) is 0.500. The number of hydrogen-bond donors (Lipinski definition) is 1. The van der Waals surface area contributed by atoms with Gasteiger partial charge in [-0.1, -0.05) is 12.1 Å². The third kappa shape index (κ3) is 4.15. The van der Waals surface area contributed by atoms with Crippen LogP contribution in [-0.4, -0.2) is 25.5 Å². The number of hydrogen-bond acceptors (Lipinski definition) is 2. The third-order valence-corrected chi connectivity index (χ3v) is 3.62. The molecule has 1 atom stereocenters. The number of carbonyl (C=O) groups excluding carboxylic acids is 1. The quantitative estimate of drug-likeness (QED) is 0.645. The van der Waals surface area contributed by atoms with Crippen LogP contribution in [0.5, 0.6) is 0 Å². The SMILES string of the molecule is O=C1CCc2cc(C(Cl)CCOCC(F)F)ccc2N1. The fourth-order valence-corrected chi connectivity index (χ4v) is 2.35. The van der Waals surface area contributed by atoms with E-state index in [1.807, 2.05) is 18.2 Å². The smallest absolute Gasteiger partial charge is 0.261 e. The monoisotopic (exact) mass is 303 g/mol. The molecule has 0 radical (unpaired) electrons. The summed E-state index contributed by atoms with van der Waals surface area (Å²) in [5, 5.41) is 2.52. The highest BCUT2D eigenvalue weighted by atomic mass is 35.5. The van der Waals surface area contributed by atoms with Gasteiger partial charge in [0.25, 0.3) is 6.43 Å². The summed E-state index contributed by atoms with van der Waals surface area (Å²) in [5.74, 6) is 0.0214. The second kappa shape index (κ2) is 6.99. The Morgan fingerprint density at radius 2 is 2.15 bits per heavy atom. The van der Waals surface area contributed by atoms with E-state index in [1.165, 1.54) is 0 Å². The Morgan fingerprint density at radius 3 is 2.90 bits per heavy atom. The van der Waals surface area contributed by atoms with Crippen molar-refractivity contribution >= 4 is 23.2 Å². The molecule has 0 aliphatic carbocycles. The lowest BCUT2D eigenvalue weighted by Gasteiger charge is -2.19. The lowest BCUT2D eigenvalue weighted by Crippen LogP contribution is -2.19. The highest BCUT2D eigenvalue weighted by Gasteiger charge is 2.17. The van der Waals surface area contributed by atoms with Gasteiger partial charge in [-0.25, -0.2) is 8.78 Å². The van der Waals surface area contributed by atoms with Crippen LogP contribution in [0.1, 0.15) is 29.3 Å². The molecule has 3 nitrogen and oxygen atoms in total. The Morgan fingerprint density at radius 1 is 1.35 bits per heavy atom. The molecule has 2 rings (SSSR count). The zero-order chi connectivity index (χ0) is 14.5. The number of anilines is 1. The zero-order valence-corrected chi connectivity index (χ0v) is 11.6. The zero-order valence-electron chi connectivity index (χ0n) is 10.9. The number of alkyl halides is 3. The van der Waals surface area contributed by atoms with Crippen molar-refractivity contribution in [1.82, 2.24) is 0 Å². The van der Waals surface area contributed by atoms with E-state index in [4.69, 9.17) is 16.3 Å². The summed E-state index contributed by atoms with van der Waals surface area (Å²) in [6.45, 7) is -0.355. The van der Waals surface area contributed by atoms with E-state index in [0.29, 0.717) is 19.3 Å². The van der Waals surface area contributed by atoms with Crippen molar-refractivity contribution in [2.45, 2.75) is 31.1 Å². The minimum absolute atomic E-state index is 0.0214. The van der Waals surface area contributed by atoms with Crippen molar-refractivity contribution in [3.8, 4) is 0 Å². The molecule has 0 bridgehead atoms. The van der Waals surface area contributed by atoms with Crippen molar-refractivity contribution in [3.05, 3.63) is 29.3 Å². The molecule has 1 aromatic carbocycles. The fourth-order valence-electron chi connectivity index (χ4n) is 2.12. The standard InChI is InChI=1S/C14H16ClF2NO2/c15-11(5-6-20-8-13(16)17)9-1-3-12-10(7-9)2-4-14(19)18-12/h1,3,7,11,13H,2,4-6,8H2,(H,18,19). The predicted octanol–water partition coefficient (Wildman–Crippen LogP) is 3.52. The maximum atomic E-state index is 11.9. The summed E-state index contributed by atoms with van der Waals surface area (Å²) in [5.41, 5.74) is 2.80. The molecule has 110 valence electrons. The first-order valence-corrected chi connectivity index (χ1v) is 6.92. The van der Waals surface area contributed by atoms with Crippen LogP contribution in [0.25, 0.3) is 0 Å². The van der Waals surface area contributed by atoms with Gasteiger partial charge in [-0.2, -0.15) is 0 Å². The molecule has 0 aromatic heterocycles. The molecule has 1 unspecified atom stereocenters. The van der Waals surface area contributed by atoms with E-state index in [9.17, 15) is 13.6 Å². The van der Waals surface area contributed by atoms with E-state index < -0.39 is 13.0 Å². The number of carbonyl (C=O) groups is 1. The van der Waals surface area contributed by atoms with Gasteiger partial charge < -0.3 is 10.1 Å². The molecule has 1 amide bonds. The van der Waals surface area contributed by atoms with Crippen molar-refractivity contribution in [3.63, 3.8) is 0 Å². The van der Waals surface area contributed by atoms with Gasteiger partial charge in [0.1, 0.15) is 6.61 Å². The Bertz CT molecular complexity index is 482. The number of aryl methyl sites for hydroxylation is 1. The number of halogens is 3. The molecular weight excluding hydrogens is 288 g/mol. The van der Waals surface area contributed by atoms with Gasteiger partial charge in [-0.15, -0.1) is 11.6 Å². The van der Waals surface area contributed by atoms with Gasteiger partial charge in [0.05, 0.1) is 5.38 Å². The second-order valence-electron chi connectivity index (χ2n) is 4.69. The molecule has 1 aliphatic rings. The summed E-state index contributed by atoms with van der Waals surface area (Å²) < 4.78 is 28.6. The number of benzene rings is 1. The normalized spacial score (nSPS) is 15.9. The molecule has 1 aliphatic heterocycles. The number of amides is 1. The van der Waals surface area contributed by atoms with E-state index in [1.54, 1.807) is 0 Å². The minimum atomic E-state index is -2.45. The highest BCUT2D eigenvalue weighted by molar-refractivity contribution is 6.20. The average molecular weight is 304 g/mol. The number of fused-ring (bicyclic) bond motifs is 1. The van der Waals surface area contributed by atoms with Crippen molar-refractivity contribution < 1.29 is 18.3 Å². The first-order chi connectivity index (χ1) is 9.56. The summed E-state index contributed by atoms with van der Waals surface area (Å²) in [6, 6.07) is 5.63. The maximum Gasteiger partial charge on any atom is 0.261 e. The van der Waals surface area contributed by atoms with Gasteiger partial charge in [0.2, 0.25) is 5.91 Å². The Labute approximate surface area is 121 Å². The largest absolute Gasteiger partial charge is 0.375 e.